The molecule has 0 aliphatic rings. The van der Waals surface area contributed by atoms with Crippen molar-refractivity contribution in [2.24, 2.45) is 0 Å². The predicted octanol–water partition coefficient (Wildman–Crippen LogP) is 2.53. The van der Waals surface area contributed by atoms with Gasteiger partial charge in [0, 0.05) is 24.2 Å². The summed E-state index contributed by atoms with van der Waals surface area (Å²) in [6, 6.07) is 5.49. The molecule has 0 unspecified atom stereocenters. The summed E-state index contributed by atoms with van der Waals surface area (Å²) in [5.74, 6) is -0.0208. The summed E-state index contributed by atoms with van der Waals surface area (Å²) in [7, 11) is 0. The molecular weight excluding hydrogens is 264 g/mol. The van der Waals surface area contributed by atoms with Crippen LogP contribution in [0.25, 0.3) is 10.9 Å². The average Bonchev–Trinajstić information content (AvgIpc) is 2.41. The molecule has 1 amide bonds. The van der Waals surface area contributed by atoms with Crippen molar-refractivity contribution >= 4 is 16.8 Å². The lowest BCUT2D eigenvalue weighted by Gasteiger charge is -2.13. The third-order valence-electron chi connectivity index (χ3n) is 3.59. The number of nitrogens with one attached hydrogen (secondary N) is 1. The van der Waals surface area contributed by atoms with Gasteiger partial charge in [0.05, 0.1) is 5.52 Å². The van der Waals surface area contributed by atoms with Crippen LogP contribution >= 0.6 is 0 Å². The van der Waals surface area contributed by atoms with Crippen molar-refractivity contribution in [1.82, 2.24) is 9.88 Å². The lowest BCUT2D eigenvalue weighted by Crippen LogP contribution is -2.29. The smallest absolute Gasteiger partial charge is 0.239 e. The molecule has 0 fully saturated rings. The predicted molar refractivity (Wildman–Crippen MR) is 85.6 cm³/mol. The Bertz CT molecular complexity index is 717. The number of aromatic nitrogens is 1. The Morgan fingerprint density at radius 1 is 1.29 bits per heavy atom. The van der Waals surface area contributed by atoms with Crippen molar-refractivity contribution in [3.8, 4) is 0 Å². The molecule has 0 aliphatic carbocycles. The van der Waals surface area contributed by atoms with Gasteiger partial charge < -0.3 is 9.88 Å². The largest absolute Gasteiger partial charge is 0.355 e. The number of carbonyl (C=O) groups is 1. The summed E-state index contributed by atoms with van der Waals surface area (Å²) >= 11 is 0. The number of hydrogen-bond acceptors (Lipinski definition) is 2. The topological polar surface area (TPSA) is 51.1 Å². The lowest BCUT2D eigenvalue weighted by atomic mass is 10.1. The molecule has 4 nitrogen and oxygen atoms in total. The Morgan fingerprint density at radius 3 is 2.76 bits per heavy atom. The molecule has 0 saturated heterocycles. The summed E-state index contributed by atoms with van der Waals surface area (Å²) in [6.45, 7) is 6.96. The molecule has 0 aliphatic heterocycles. The zero-order valence-electron chi connectivity index (χ0n) is 12.9. The molecule has 0 spiro atoms. The summed E-state index contributed by atoms with van der Waals surface area (Å²) in [5.41, 5.74) is 2.87. The van der Waals surface area contributed by atoms with E-state index in [0.29, 0.717) is 11.9 Å². The SMILES string of the molecule is CCCCNC(=O)Cn1ccc(=O)c2c(C)cc(C)cc21. The van der Waals surface area contributed by atoms with E-state index in [1.807, 2.05) is 30.5 Å². The van der Waals surface area contributed by atoms with Gasteiger partial charge in [-0.05, 0) is 37.5 Å². The van der Waals surface area contributed by atoms with Crippen LogP contribution in [-0.2, 0) is 11.3 Å². The van der Waals surface area contributed by atoms with Crippen LogP contribution in [0.4, 0.5) is 0 Å². The summed E-state index contributed by atoms with van der Waals surface area (Å²) in [5, 5.41) is 3.60. The second-order valence-corrected chi connectivity index (χ2v) is 5.49. The van der Waals surface area contributed by atoms with Gasteiger partial charge in [-0.2, -0.15) is 0 Å². The number of rotatable bonds is 5. The van der Waals surface area contributed by atoms with Crippen LogP contribution in [0, 0.1) is 13.8 Å². The Kier molecular flexibility index (Phi) is 4.78. The van der Waals surface area contributed by atoms with Gasteiger partial charge in [-0.3, -0.25) is 9.59 Å². The highest BCUT2D eigenvalue weighted by atomic mass is 16.2. The van der Waals surface area contributed by atoms with Gasteiger partial charge in [-0.15, -0.1) is 0 Å². The van der Waals surface area contributed by atoms with Gasteiger partial charge in [0.25, 0.3) is 0 Å². The minimum absolute atomic E-state index is 0.00476. The highest BCUT2D eigenvalue weighted by molar-refractivity contribution is 5.85. The van der Waals surface area contributed by atoms with E-state index in [4.69, 9.17) is 0 Å². The van der Waals surface area contributed by atoms with Gasteiger partial charge in [0.2, 0.25) is 5.91 Å². The van der Waals surface area contributed by atoms with E-state index < -0.39 is 0 Å². The van der Waals surface area contributed by atoms with Gasteiger partial charge in [0.1, 0.15) is 6.54 Å². The minimum Gasteiger partial charge on any atom is -0.355 e. The van der Waals surface area contributed by atoms with Crippen molar-refractivity contribution in [2.75, 3.05) is 6.54 Å². The van der Waals surface area contributed by atoms with Crippen LogP contribution < -0.4 is 10.7 Å². The molecule has 2 rings (SSSR count). The first-order valence-electron chi connectivity index (χ1n) is 7.40. The normalized spacial score (nSPS) is 10.8. The first-order valence-corrected chi connectivity index (χ1v) is 7.40. The van der Waals surface area contributed by atoms with Crippen LogP contribution in [0.15, 0.2) is 29.2 Å². The quantitative estimate of drug-likeness (QED) is 0.859. The standard InChI is InChI=1S/C17H22N2O2/c1-4-5-7-18-16(21)11-19-8-6-15(20)17-13(3)9-12(2)10-14(17)19/h6,8-10H,4-5,7,11H2,1-3H3,(H,18,21). The molecule has 1 heterocycles. The van der Waals surface area contributed by atoms with Crippen LogP contribution in [-0.4, -0.2) is 17.0 Å². The molecular formula is C17H22N2O2. The summed E-state index contributed by atoms with van der Waals surface area (Å²) in [6.07, 6.45) is 3.73. The van der Waals surface area contributed by atoms with Crippen molar-refractivity contribution in [3.05, 3.63) is 45.7 Å². The zero-order chi connectivity index (χ0) is 15.4. The van der Waals surface area contributed by atoms with Gasteiger partial charge in [-0.1, -0.05) is 19.4 Å². The van der Waals surface area contributed by atoms with Crippen LogP contribution in [0.3, 0.4) is 0 Å². The number of carbonyl (C=O) groups excluding carboxylic acids is 1. The molecule has 1 N–H and O–H groups in total. The van der Waals surface area contributed by atoms with E-state index in [9.17, 15) is 9.59 Å². The van der Waals surface area contributed by atoms with Crippen molar-refractivity contribution in [3.63, 3.8) is 0 Å². The maximum atomic E-state index is 12.0. The molecule has 1 aromatic carbocycles. The number of hydrogen-bond donors (Lipinski definition) is 1. The second kappa shape index (κ2) is 6.57. The van der Waals surface area contributed by atoms with E-state index in [1.54, 1.807) is 6.20 Å². The molecule has 0 radical (unpaired) electrons. The Hall–Kier alpha value is -2.10. The number of pyridine rings is 1. The molecule has 0 bridgehead atoms. The fourth-order valence-corrected chi connectivity index (χ4v) is 2.57. The van der Waals surface area contributed by atoms with Crippen molar-refractivity contribution in [2.45, 2.75) is 40.2 Å². The van der Waals surface area contributed by atoms with Gasteiger partial charge in [-0.25, -0.2) is 0 Å². The Labute approximate surface area is 124 Å². The first kappa shape index (κ1) is 15.3. The first-order chi connectivity index (χ1) is 10.0. The number of benzene rings is 1. The highest BCUT2D eigenvalue weighted by Gasteiger charge is 2.09. The fourth-order valence-electron chi connectivity index (χ4n) is 2.57. The summed E-state index contributed by atoms with van der Waals surface area (Å²) < 4.78 is 1.85. The van der Waals surface area contributed by atoms with E-state index in [0.717, 1.165) is 29.5 Å². The van der Waals surface area contributed by atoms with Crippen molar-refractivity contribution in [1.29, 1.82) is 0 Å². The molecule has 21 heavy (non-hydrogen) atoms. The Morgan fingerprint density at radius 2 is 2.05 bits per heavy atom. The molecule has 4 heteroatoms. The zero-order valence-corrected chi connectivity index (χ0v) is 12.9. The lowest BCUT2D eigenvalue weighted by molar-refractivity contribution is -0.121. The maximum absolute atomic E-state index is 12.0. The summed E-state index contributed by atoms with van der Waals surface area (Å²) in [4.78, 5) is 24.0. The average molecular weight is 286 g/mol. The molecule has 0 atom stereocenters. The van der Waals surface area contributed by atoms with Crippen molar-refractivity contribution < 1.29 is 4.79 Å². The third kappa shape index (κ3) is 3.51. The Balaban J connectivity index is 2.34. The van der Waals surface area contributed by atoms with Gasteiger partial charge >= 0.3 is 0 Å². The van der Waals surface area contributed by atoms with E-state index in [-0.39, 0.29) is 17.9 Å². The third-order valence-corrected chi connectivity index (χ3v) is 3.59. The molecule has 1 aromatic heterocycles. The van der Waals surface area contributed by atoms with Crippen LogP contribution in [0.1, 0.15) is 30.9 Å². The molecule has 2 aromatic rings. The number of fused-ring (bicyclic) bond motifs is 1. The van der Waals surface area contributed by atoms with E-state index >= 15 is 0 Å². The van der Waals surface area contributed by atoms with Crippen LogP contribution in [0.5, 0.6) is 0 Å². The van der Waals surface area contributed by atoms with Gasteiger partial charge in [0.15, 0.2) is 5.43 Å². The number of unbranched alkanes of at least 4 members (excludes halogenated alkanes) is 1. The number of aryl methyl sites for hydroxylation is 2. The van der Waals surface area contributed by atoms with E-state index in [1.165, 1.54) is 6.07 Å². The second-order valence-electron chi connectivity index (χ2n) is 5.49. The van der Waals surface area contributed by atoms with E-state index in [2.05, 4.69) is 12.2 Å². The minimum atomic E-state index is -0.0208. The maximum Gasteiger partial charge on any atom is 0.239 e. The highest BCUT2D eigenvalue weighted by Crippen LogP contribution is 2.17. The molecule has 112 valence electrons. The molecule has 0 saturated carbocycles. The number of amides is 1. The number of nitrogens with zero attached hydrogens (tertiary/aromatic N) is 1. The fraction of sp³-hybridized carbons (Fsp3) is 0.412. The monoisotopic (exact) mass is 286 g/mol. The van der Waals surface area contributed by atoms with Crippen LogP contribution in [0.2, 0.25) is 0 Å².